The lowest BCUT2D eigenvalue weighted by Crippen LogP contribution is -2.51. The number of nitrogens with zero attached hydrogens (tertiary/aromatic N) is 2. The lowest BCUT2D eigenvalue weighted by molar-refractivity contribution is -0.140. The van der Waals surface area contributed by atoms with Gasteiger partial charge in [-0.25, -0.2) is 8.42 Å². The summed E-state index contributed by atoms with van der Waals surface area (Å²) in [5.74, 6) is -0.865. The molecule has 9 heteroatoms. The Labute approximate surface area is 217 Å². The molecule has 0 aromatic heterocycles. The number of amides is 2. The first-order valence-electron chi connectivity index (χ1n) is 11.6. The Morgan fingerprint density at radius 2 is 1.56 bits per heavy atom. The van der Waals surface area contributed by atoms with Crippen LogP contribution in [0.25, 0.3) is 0 Å². The Balaban J connectivity index is 2.05. The van der Waals surface area contributed by atoms with Gasteiger partial charge in [0.1, 0.15) is 12.6 Å². The van der Waals surface area contributed by atoms with Gasteiger partial charge in [-0.2, -0.15) is 0 Å². The highest BCUT2D eigenvalue weighted by Gasteiger charge is 2.33. The zero-order valence-corrected chi connectivity index (χ0v) is 22.1. The molecule has 0 fully saturated rings. The van der Waals surface area contributed by atoms with E-state index >= 15 is 0 Å². The fraction of sp³-hybridized carbons (Fsp3) is 0.259. The van der Waals surface area contributed by atoms with Crippen LogP contribution in [-0.4, -0.2) is 44.8 Å². The highest BCUT2D eigenvalue weighted by atomic mass is 35.5. The van der Waals surface area contributed by atoms with Crippen molar-refractivity contribution in [3.05, 3.63) is 95.0 Å². The van der Waals surface area contributed by atoms with Crippen LogP contribution < -0.4 is 9.62 Å². The van der Waals surface area contributed by atoms with Crippen molar-refractivity contribution in [2.45, 2.75) is 37.8 Å². The molecule has 0 radical (unpaired) electrons. The Bertz CT molecular complexity index is 1300. The van der Waals surface area contributed by atoms with E-state index in [1.54, 1.807) is 73.7 Å². The minimum atomic E-state index is -4.08. The van der Waals surface area contributed by atoms with Crippen LogP contribution in [-0.2, 0) is 26.2 Å². The summed E-state index contributed by atoms with van der Waals surface area (Å²) in [6.45, 7) is 3.26. The van der Waals surface area contributed by atoms with Gasteiger partial charge in [0, 0.05) is 18.6 Å². The molecule has 0 unspecified atom stereocenters. The maximum absolute atomic E-state index is 13.8. The van der Waals surface area contributed by atoms with Gasteiger partial charge in [-0.15, -0.1) is 0 Å². The van der Waals surface area contributed by atoms with Crippen LogP contribution in [0.2, 0.25) is 5.02 Å². The van der Waals surface area contributed by atoms with Gasteiger partial charge >= 0.3 is 0 Å². The first-order chi connectivity index (χ1) is 17.2. The SMILES string of the molecule is CC[C@H](C(=O)NC)N(Cc1ccccc1Cl)C(=O)CN(c1ccc(C)cc1)S(=O)(=O)c1ccccc1. The largest absolute Gasteiger partial charge is 0.357 e. The van der Waals surface area contributed by atoms with Gasteiger partial charge in [0.2, 0.25) is 11.8 Å². The lowest BCUT2D eigenvalue weighted by atomic mass is 10.1. The average Bonchev–Trinajstić information content (AvgIpc) is 2.89. The molecular weight excluding hydrogens is 498 g/mol. The molecule has 0 aliphatic heterocycles. The summed E-state index contributed by atoms with van der Waals surface area (Å²) in [5, 5.41) is 3.05. The number of rotatable bonds is 10. The molecule has 0 saturated heterocycles. The standard InChI is InChI=1S/C27H30ClN3O4S/c1-4-25(27(33)29-3)30(18-21-10-8-9-13-24(21)28)26(32)19-31(22-16-14-20(2)15-17-22)36(34,35)23-11-6-5-7-12-23/h5-17,25H,4,18-19H2,1-3H3,(H,29,33)/t25-/m1/s1. The highest BCUT2D eigenvalue weighted by molar-refractivity contribution is 7.92. The summed E-state index contributed by atoms with van der Waals surface area (Å²) in [6, 6.07) is 21.1. The predicted octanol–water partition coefficient (Wildman–Crippen LogP) is 4.40. The van der Waals surface area contributed by atoms with Crippen LogP contribution >= 0.6 is 11.6 Å². The van der Waals surface area contributed by atoms with Crippen molar-refractivity contribution >= 4 is 39.1 Å². The molecule has 190 valence electrons. The van der Waals surface area contributed by atoms with Crippen LogP contribution in [0, 0.1) is 6.92 Å². The molecule has 0 aliphatic rings. The van der Waals surface area contributed by atoms with E-state index < -0.39 is 28.5 Å². The molecule has 0 heterocycles. The molecule has 36 heavy (non-hydrogen) atoms. The number of benzene rings is 3. The molecular formula is C27H30ClN3O4S. The number of anilines is 1. The number of hydrogen-bond acceptors (Lipinski definition) is 4. The normalized spacial score (nSPS) is 12.0. The third-order valence-electron chi connectivity index (χ3n) is 5.86. The van der Waals surface area contributed by atoms with E-state index in [0.29, 0.717) is 22.7 Å². The molecule has 1 N–H and O–H groups in total. The van der Waals surface area contributed by atoms with E-state index in [2.05, 4.69) is 5.32 Å². The maximum Gasteiger partial charge on any atom is 0.264 e. The van der Waals surface area contributed by atoms with Crippen molar-refractivity contribution < 1.29 is 18.0 Å². The van der Waals surface area contributed by atoms with E-state index in [-0.39, 0.29) is 17.3 Å². The molecule has 3 aromatic rings. The second-order valence-corrected chi connectivity index (χ2v) is 10.6. The van der Waals surface area contributed by atoms with Crippen molar-refractivity contribution in [2.75, 3.05) is 17.9 Å². The summed E-state index contributed by atoms with van der Waals surface area (Å²) in [7, 11) is -2.57. The van der Waals surface area contributed by atoms with Gasteiger partial charge in [0.25, 0.3) is 10.0 Å². The van der Waals surface area contributed by atoms with Crippen molar-refractivity contribution in [1.82, 2.24) is 10.2 Å². The van der Waals surface area contributed by atoms with Crippen LogP contribution in [0.3, 0.4) is 0 Å². The minimum Gasteiger partial charge on any atom is -0.357 e. The fourth-order valence-electron chi connectivity index (χ4n) is 3.86. The van der Waals surface area contributed by atoms with E-state index in [1.807, 2.05) is 6.92 Å². The van der Waals surface area contributed by atoms with Gasteiger partial charge in [0.15, 0.2) is 0 Å². The number of nitrogens with one attached hydrogen (secondary N) is 1. The number of carbonyl (C=O) groups excluding carboxylic acids is 2. The Morgan fingerprint density at radius 3 is 2.14 bits per heavy atom. The highest BCUT2D eigenvalue weighted by Crippen LogP contribution is 2.26. The first-order valence-corrected chi connectivity index (χ1v) is 13.4. The van der Waals surface area contributed by atoms with Crippen molar-refractivity contribution in [2.24, 2.45) is 0 Å². The van der Waals surface area contributed by atoms with Crippen molar-refractivity contribution in [3.63, 3.8) is 0 Å². The van der Waals surface area contributed by atoms with Gasteiger partial charge in [-0.05, 0) is 49.2 Å². The summed E-state index contributed by atoms with van der Waals surface area (Å²) in [6.07, 6.45) is 0.339. The van der Waals surface area contributed by atoms with Crippen LogP contribution in [0.15, 0.2) is 83.8 Å². The van der Waals surface area contributed by atoms with E-state index in [9.17, 15) is 18.0 Å². The Morgan fingerprint density at radius 1 is 0.944 bits per heavy atom. The van der Waals surface area contributed by atoms with Crippen LogP contribution in [0.5, 0.6) is 0 Å². The smallest absolute Gasteiger partial charge is 0.264 e. The first kappa shape index (κ1) is 27.2. The number of likely N-dealkylation sites (N-methyl/N-ethyl adjacent to an activating group) is 1. The zero-order valence-electron chi connectivity index (χ0n) is 20.5. The Hall–Kier alpha value is -3.36. The molecule has 3 rings (SSSR count). The number of sulfonamides is 1. The molecule has 0 bridgehead atoms. The molecule has 7 nitrogen and oxygen atoms in total. The zero-order chi connectivity index (χ0) is 26.3. The molecule has 3 aromatic carbocycles. The monoisotopic (exact) mass is 527 g/mol. The summed E-state index contributed by atoms with van der Waals surface area (Å²) in [4.78, 5) is 28.0. The second kappa shape index (κ2) is 12.1. The average molecular weight is 528 g/mol. The number of aryl methyl sites for hydroxylation is 1. The summed E-state index contributed by atoms with van der Waals surface area (Å²) in [5.41, 5.74) is 1.96. The number of carbonyl (C=O) groups is 2. The third kappa shape index (κ3) is 6.25. The molecule has 0 spiro atoms. The van der Waals surface area contributed by atoms with Gasteiger partial charge in [0.05, 0.1) is 10.6 Å². The van der Waals surface area contributed by atoms with Crippen LogP contribution in [0.1, 0.15) is 24.5 Å². The van der Waals surface area contributed by atoms with Gasteiger partial charge < -0.3 is 10.2 Å². The lowest BCUT2D eigenvalue weighted by Gasteiger charge is -2.33. The fourth-order valence-corrected chi connectivity index (χ4v) is 5.49. The van der Waals surface area contributed by atoms with Crippen molar-refractivity contribution in [3.8, 4) is 0 Å². The van der Waals surface area contributed by atoms with Crippen LogP contribution in [0.4, 0.5) is 5.69 Å². The maximum atomic E-state index is 13.8. The quantitative estimate of drug-likeness (QED) is 0.423. The molecule has 2 amide bonds. The molecule has 0 saturated carbocycles. The summed E-state index contributed by atoms with van der Waals surface area (Å²) < 4.78 is 28.4. The molecule has 1 atom stereocenters. The van der Waals surface area contributed by atoms with Crippen molar-refractivity contribution in [1.29, 1.82) is 0 Å². The second-order valence-electron chi connectivity index (χ2n) is 8.31. The number of halogens is 1. The van der Waals surface area contributed by atoms with Gasteiger partial charge in [-0.3, -0.25) is 13.9 Å². The number of hydrogen-bond donors (Lipinski definition) is 1. The van der Waals surface area contributed by atoms with Gasteiger partial charge in [-0.1, -0.05) is 72.6 Å². The predicted molar refractivity (Wildman–Crippen MR) is 142 cm³/mol. The molecule has 0 aliphatic carbocycles. The third-order valence-corrected chi connectivity index (χ3v) is 8.02. The van der Waals surface area contributed by atoms with E-state index in [0.717, 1.165) is 9.87 Å². The topological polar surface area (TPSA) is 86.8 Å². The van der Waals surface area contributed by atoms with E-state index in [1.165, 1.54) is 24.1 Å². The summed E-state index contributed by atoms with van der Waals surface area (Å²) >= 11 is 6.36. The van der Waals surface area contributed by atoms with E-state index in [4.69, 9.17) is 11.6 Å². The minimum absolute atomic E-state index is 0.0531. The Kier molecular flexibility index (Phi) is 9.12.